The Labute approximate surface area is 293 Å². The molecule has 0 unspecified atom stereocenters. The van der Waals surface area contributed by atoms with E-state index in [1.807, 2.05) is 12.1 Å². The monoisotopic (exact) mass is 641 g/mol. The quantitative estimate of drug-likeness (QED) is 0.181. The second-order valence-corrected chi connectivity index (χ2v) is 13.4. The van der Waals surface area contributed by atoms with Gasteiger partial charge in [0, 0.05) is 38.9 Å². The summed E-state index contributed by atoms with van der Waals surface area (Å²) in [4.78, 5) is 12.7. The van der Waals surface area contributed by atoms with Gasteiger partial charge in [0.1, 0.15) is 0 Å². The van der Waals surface area contributed by atoms with Gasteiger partial charge in [0.25, 0.3) is 0 Å². The first-order chi connectivity index (χ1) is 24.6. The highest BCUT2D eigenvalue weighted by Crippen LogP contribution is 2.51. The number of para-hydroxylation sites is 2. The van der Waals surface area contributed by atoms with Crippen molar-refractivity contribution in [2.75, 3.05) is 4.90 Å². The highest BCUT2D eigenvalue weighted by Gasteiger charge is 2.36. The Morgan fingerprint density at radius 2 is 1.06 bits per heavy atom. The highest BCUT2D eigenvalue weighted by molar-refractivity contribution is 5.94. The second kappa shape index (κ2) is 12.0. The molecular formula is C47H35N3. The molecule has 0 atom stereocenters. The van der Waals surface area contributed by atoms with Gasteiger partial charge in [0.05, 0.1) is 16.9 Å². The first-order valence-corrected chi connectivity index (χ1v) is 17.2. The summed E-state index contributed by atoms with van der Waals surface area (Å²) in [6.45, 7) is 4.68. The van der Waals surface area contributed by atoms with E-state index in [0.717, 1.165) is 50.3 Å². The fraction of sp³-hybridized carbons (Fsp3) is 0.0638. The van der Waals surface area contributed by atoms with Crippen LogP contribution in [-0.4, -0.2) is 9.97 Å². The van der Waals surface area contributed by atoms with Crippen LogP contribution in [0.5, 0.6) is 0 Å². The van der Waals surface area contributed by atoms with Crippen LogP contribution < -0.4 is 4.90 Å². The minimum absolute atomic E-state index is 0.124. The molecule has 1 aliphatic rings. The van der Waals surface area contributed by atoms with Crippen molar-refractivity contribution in [3.63, 3.8) is 0 Å². The molecule has 1 aliphatic carbocycles. The number of rotatable bonds is 6. The Morgan fingerprint density at radius 1 is 0.440 bits per heavy atom. The van der Waals surface area contributed by atoms with Crippen LogP contribution in [0, 0.1) is 0 Å². The molecule has 3 nitrogen and oxygen atoms in total. The lowest BCUT2D eigenvalue weighted by Gasteiger charge is -2.30. The summed E-state index contributed by atoms with van der Waals surface area (Å²) < 4.78 is 0. The van der Waals surface area contributed by atoms with Gasteiger partial charge in [-0.1, -0.05) is 153 Å². The minimum atomic E-state index is -0.124. The number of anilines is 3. The maximum atomic E-state index is 5.21. The zero-order chi connectivity index (χ0) is 33.7. The lowest BCUT2D eigenvalue weighted by Crippen LogP contribution is -2.17. The maximum Gasteiger partial charge on any atom is 0.160 e. The molecule has 9 rings (SSSR count). The third kappa shape index (κ3) is 4.98. The van der Waals surface area contributed by atoms with Crippen LogP contribution in [0.4, 0.5) is 17.1 Å². The predicted octanol–water partition coefficient (Wildman–Crippen LogP) is 12.4. The summed E-state index contributed by atoms with van der Waals surface area (Å²) >= 11 is 0. The van der Waals surface area contributed by atoms with E-state index < -0.39 is 0 Å². The van der Waals surface area contributed by atoms with Gasteiger partial charge in [-0.05, 0) is 64.2 Å². The number of benzene rings is 7. The average molecular weight is 642 g/mol. The normalized spacial score (nSPS) is 12.8. The van der Waals surface area contributed by atoms with E-state index in [9.17, 15) is 0 Å². The fourth-order valence-electron chi connectivity index (χ4n) is 7.59. The number of aromatic nitrogens is 2. The third-order valence-electron chi connectivity index (χ3n) is 10.1. The second-order valence-electron chi connectivity index (χ2n) is 13.4. The molecule has 238 valence electrons. The van der Waals surface area contributed by atoms with Crippen LogP contribution in [0.2, 0.25) is 0 Å². The van der Waals surface area contributed by atoms with Crippen LogP contribution >= 0.6 is 0 Å². The van der Waals surface area contributed by atoms with Crippen molar-refractivity contribution >= 4 is 28.0 Å². The van der Waals surface area contributed by atoms with Crippen molar-refractivity contribution in [1.29, 1.82) is 0 Å². The van der Waals surface area contributed by atoms with E-state index in [2.05, 4.69) is 183 Å². The maximum absolute atomic E-state index is 5.21. The summed E-state index contributed by atoms with van der Waals surface area (Å²) in [5.74, 6) is 0.700. The van der Waals surface area contributed by atoms with Crippen LogP contribution in [0.25, 0.3) is 55.8 Å². The third-order valence-corrected chi connectivity index (χ3v) is 10.1. The van der Waals surface area contributed by atoms with E-state index in [-0.39, 0.29) is 5.41 Å². The molecule has 0 N–H and O–H groups in total. The van der Waals surface area contributed by atoms with E-state index in [1.165, 1.54) is 27.8 Å². The smallest absolute Gasteiger partial charge is 0.160 e. The first-order valence-electron chi connectivity index (χ1n) is 17.2. The van der Waals surface area contributed by atoms with Gasteiger partial charge in [-0.2, -0.15) is 0 Å². The number of nitrogens with zero attached hydrogens (tertiary/aromatic N) is 3. The number of hydrogen-bond donors (Lipinski definition) is 0. The molecule has 0 amide bonds. The highest BCUT2D eigenvalue weighted by atomic mass is 15.1. The average Bonchev–Trinajstić information content (AvgIpc) is 3.41. The molecule has 0 radical (unpaired) electrons. The van der Waals surface area contributed by atoms with Crippen molar-refractivity contribution < 1.29 is 0 Å². The number of hydrogen-bond acceptors (Lipinski definition) is 3. The molecule has 0 bridgehead atoms. The lowest BCUT2D eigenvalue weighted by molar-refractivity contribution is 0.660. The van der Waals surface area contributed by atoms with Gasteiger partial charge in [-0.25, -0.2) is 9.97 Å². The molecule has 8 aromatic rings. The molecule has 0 saturated heterocycles. The van der Waals surface area contributed by atoms with Crippen LogP contribution in [0.1, 0.15) is 25.0 Å². The van der Waals surface area contributed by atoms with Crippen molar-refractivity contribution in [2.45, 2.75) is 19.3 Å². The molecule has 0 spiro atoms. The number of fused-ring (bicyclic) bond motifs is 4. The molecule has 1 aromatic heterocycles. The Bertz CT molecular complexity index is 2520. The SMILES string of the molecule is CC1(C)c2ccccc2-c2ccc(N(c3cccc(-c4nc(-c5ccccc5)c5ccccc5n4)c3)c3ccccc3-c3ccccc3)cc21. The van der Waals surface area contributed by atoms with Crippen molar-refractivity contribution in [3.8, 4) is 44.9 Å². The van der Waals surface area contributed by atoms with Crippen LogP contribution in [0.15, 0.2) is 176 Å². The first kappa shape index (κ1) is 29.8. The fourth-order valence-corrected chi connectivity index (χ4v) is 7.59. The summed E-state index contributed by atoms with van der Waals surface area (Å²) in [6.07, 6.45) is 0. The molecule has 0 saturated carbocycles. The van der Waals surface area contributed by atoms with Gasteiger partial charge >= 0.3 is 0 Å². The molecule has 3 heteroatoms. The van der Waals surface area contributed by atoms with Crippen LogP contribution in [-0.2, 0) is 5.41 Å². The van der Waals surface area contributed by atoms with Gasteiger partial charge in [0.2, 0.25) is 0 Å². The van der Waals surface area contributed by atoms with Gasteiger partial charge in [-0.3, -0.25) is 0 Å². The zero-order valence-corrected chi connectivity index (χ0v) is 28.1. The summed E-state index contributed by atoms with van der Waals surface area (Å²) in [5.41, 5.74) is 14.7. The van der Waals surface area contributed by atoms with E-state index in [1.54, 1.807) is 0 Å². The molecule has 50 heavy (non-hydrogen) atoms. The van der Waals surface area contributed by atoms with Crippen molar-refractivity contribution in [3.05, 3.63) is 187 Å². The Hall–Kier alpha value is -6.32. The predicted molar refractivity (Wildman–Crippen MR) is 208 cm³/mol. The standard InChI is InChI=1S/C47H35N3/c1-47(2)41-25-12-9-23-38(41)39-29-28-36(31-42(39)47)50(44-27-14-11-22-37(44)32-16-5-3-6-17-32)35-21-15-20-34(30-35)46-48-43-26-13-10-24-40(43)45(49-46)33-18-7-4-8-19-33/h3-31H,1-2H3. The van der Waals surface area contributed by atoms with Crippen molar-refractivity contribution in [1.82, 2.24) is 9.97 Å². The van der Waals surface area contributed by atoms with Gasteiger partial charge in [-0.15, -0.1) is 0 Å². The van der Waals surface area contributed by atoms with Gasteiger partial charge in [0.15, 0.2) is 5.82 Å². The topological polar surface area (TPSA) is 29.0 Å². The summed E-state index contributed by atoms with van der Waals surface area (Å²) in [7, 11) is 0. The van der Waals surface area contributed by atoms with E-state index >= 15 is 0 Å². The van der Waals surface area contributed by atoms with E-state index in [4.69, 9.17) is 9.97 Å². The largest absolute Gasteiger partial charge is 0.310 e. The van der Waals surface area contributed by atoms with E-state index in [0.29, 0.717) is 5.82 Å². The Balaban J connectivity index is 1.25. The molecule has 0 aliphatic heterocycles. The summed E-state index contributed by atoms with van der Waals surface area (Å²) in [5, 5.41) is 1.04. The molecular weight excluding hydrogens is 607 g/mol. The lowest BCUT2D eigenvalue weighted by atomic mass is 9.82. The summed E-state index contributed by atoms with van der Waals surface area (Å²) in [6, 6.07) is 62.5. The Morgan fingerprint density at radius 3 is 1.88 bits per heavy atom. The van der Waals surface area contributed by atoms with Crippen molar-refractivity contribution in [2.24, 2.45) is 0 Å². The zero-order valence-electron chi connectivity index (χ0n) is 28.1. The molecule has 7 aromatic carbocycles. The molecule has 0 fully saturated rings. The molecule has 1 heterocycles. The van der Waals surface area contributed by atoms with Gasteiger partial charge < -0.3 is 4.90 Å². The Kier molecular flexibility index (Phi) is 7.14. The van der Waals surface area contributed by atoms with Crippen LogP contribution in [0.3, 0.4) is 0 Å². The minimum Gasteiger partial charge on any atom is -0.310 e.